The van der Waals surface area contributed by atoms with Crippen LogP contribution in [0, 0.1) is 12.8 Å². The van der Waals surface area contributed by atoms with Crippen LogP contribution in [0.15, 0.2) is 24.3 Å². The van der Waals surface area contributed by atoms with Crippen LogP contribution in [0.1, 0.15) is 18.4 Å². The lowest BCUT2D eigenvalue weighted by atomic mass is 9.92. The molecule has 2 heterocycles. The number of anilines is 1. The first-order valence-electron chi connectivity index (χ1n) is 6.38. The summed E-state index contributed by atoms with van der Waals surface area (Å²) in [5.41, 5.74) is 2.83. The third-order valence-corrected chi connectivity index (χ3v) is 4.13. The van der Waals surface area contributed by atoms with Gasteiger partial charge in [-0.15, -0.1) is 0 Å². The first kappa shape index (κ1) is 10.2. The standard InChI is InChI=1S/C14H20N2/c1-11-4-2-3-5-14(11)16-9-7-12-6-8-15-13(12)10-16/h2-5,12-13,15H,6-10H2,1H3. The van der Waals surface area contributed by atoms with Crippen molar-refractivity contribution in [3.05, 3.63) is 29.8 Å². The van der Waals surface area contributed by atoms with E-state index in [4.69, 9.17) is 0 Å². The van der Waals surface area contributed by atoms with Crippen LogP contribution in [0.25, 0.3) is 0 Å². The minimum atomic E-state index is 0.730. The number of para-hydroxylation sites is 1. The number of nitrogens with one attached hydrogen (secondary N) is 1. The molecule has 2 unspecified atom stereocenters. The van der Waals surface area contributed by atoms with Crippen molar-refractivity contribution < 1.29 is 0 Å². The van der Waals surface area contributed by atoms with Crippen molar-refractivity contribution in [1.29, 1.82) is 0 Å². The molecular weight excluding hydrogens is 196 g/mol. The Balaban J connectivity index is 1.79. The predicted molar refractivity (Wildman–Crippen MR) is 67.9 cm³/mol. The minimum Gasteiger partial charge on any atom is -0.370 e. The lowest BCUT2D eigenvalue weighted by Crippen LogP contribution is -2.46. The third kappa shape index (κ3) is 1.71. The number of rotatable bonds is 1. The van der Waals surface area contributed by atoms with E-state index in [1.54, 1.807) is 0 Å². The van der Waals surface area contributed by atoms with Gasteiger partial charge in [-0.2, -0.15) is 0 Å². The van der Waals surface area contributed by atoms with E-state index < -0.39 is 0 Å². The van der Waals surface area contributed by atoms with Crippen molar-refractivity contribution >= 4 is 5.69 Å². The first-order chi connectivity index (χ1) is 7.84. The molecule has 16 heavy (non-hydrogen) atoms. The largest absolute Gasteiger partial charge is 0.370 e. The fourth-order valence-electron chi connectivity index (χ4n) is 3.17. The summed E-state index contributed by atoms with van der Waals surface area (Å²) in [7, 11) is 0. The van der Waals surface area contributed by atoms with Gasteiger partial charge in [-0.05, 0) is 43.9 Å². The van der Waals surface area contributed by atoms with Gasteiger partial charge in [0.2, 0.25) is 0 Å². The Bertz CT molecular complexity index is 375. The molecule has 86 valence electrons. The van der Waals surface area contributed by atoms with Gasteiger partial charge in [0.05, 0.1) is 0 Å². The zero-order valence-corrected chi connectivity index (χ0v) is 9.95. The third-order valence-electron chi connectivity index (χ3n) is 4.13. The highest BCUT2D eigenvalue weighted by molar-refractivity contribution is 5.53. The van der Waals surface area contributed by atoms with Crippen LogP contribution < -0.4 is 10.2 Å². The van der Waals surface area contributed by atoms with Crippen molar-refractivity contribution in [2.45, 2.75) is 25.8 Å². The van der Waals surface area contributed by atoms with E-state index in [1.165, 1.54) is 43.7 Å². The van der Waals surface area contributed by atoms with Crippen LogP contribution in [0.3, 0.4) is 0 Å². The molecule has 0 aromatic heterocycles. The number of hydrogen-bond donors (Lipinski definition) is 1. The summed E-state index contributed by atoms with van der Waals surface area (Å²) >= 11 is 0. The van der Waals surface area contributed by atoms with Crippen LogP contribution in [0.5, 0.6) is 0 Å². The van der Waals surface area contributed by atoms with Crippen LogP contribution in [-0.2, 0) is 0 Å². The zero-order valence-electron chi connectivity index (χ0n) is 9.95. The van der Waals surface area contributed by atoms with Gasteiger partial charge in [-0.25, -0.2) is 0 Å². The second-order valence-corrected chi connectivity index (χ2v) is 5.13. The zero-order chi connectivity index (χ0) is 11.0. The predicted octanol–water partition coefficient (Wildman–Crippen LogP) is 2.18. The summed E-state index contributed by atoms with van der Waals surface area (Å²) in [6.45, 7) is 5.85. The highest BCUT2D eigenvalue weighted by atomic mass is 15.2. The summed E-state index contributed by atoms with van der Waals surface area (Å²) in [4.78, 5) is 2.55. The first-order valence-corrected chi connectivity index (χ1v) is 6.38. The molecule has 1 N–H and O–H groups in total. The molecule has 0 saturated carbocycles. The van der Waals surface area contributed by atoms with E-state index in [0.29, 0.717) is 0 Å². The van der Waals surface area contributed by atoms with E-state index in [0.717, 1.165) is 12.0 Å². The Hall–Kier alpha value is -1.02. The Labute approximate surface area is 97.6 Å². The fraction of sp³-hybridized carbons (Fsp3) is 0.571. The molecule has 0 amide bonds. The molecule has 2 fully saturated rings. The van der Waals surface area contributed by atoms with Crippen LogP contribution in [0.4, 0.5) is 5.69 Å². The number of piperidine rings is 1. The monoisotopic (exact) mass is 216 g/mol. The van der Waals surface area contributed by atoms with Gasteiger partial charge in [0.25, 0.3) is 0 Å². The topological polar surface area (TPSA) is 15.3 Å². The van der Waals surface area contributed by atoms with Crippen molar-refractivity contribution in [2.24, 2.45) is 5.92 Å². The summed E-state index contributed by atoms with van der Waals surface area (Å²) in [5, 5.41) is 3.64. The van der Waals surface area contributed by atoms with Crippen molar-refractivity contribution in [3.63, 3.8) is 0 Å². The van der Waals surface area contributed by atoms with Gasteiger partial charge in [-0.3, -0.25) is 0 Å². The minimum absolute atomic E-state index is 0.730. The van der Waals surface area contributed by atoms with Gasteiger partial charge < -0.3 is 10.2 Å². The molecule has 1 aromatic carbocycles. The van der Waals surface area contributed by atoms with Crippen molar-refractivity contribution in [2.75, 3.05) is 24.5 Å². The molecular formula is C14H20N2. The molecule has 3 rings (SSSR count). The van der Waals surface area contributed by atoms with Crippen LogP contribution >= 0.6 is 0 Å². The van der Waals surface area contributed by atoms with E-state index in [9.17, 15) is 0 Å². The number of hydrogen-bond acceptors (Lipinski definition) is 2. The Morgan fingerprint density at radius 3 is 3.00 bits per heavy atom. The number of fused-ring (bicyclic) bond motifs is 1. The number of benzene rings is 1. The molecule has 2 aliphatic rings. The van der Waals surface area contributed by atoms with E-state index in [2.05, 4.69) is 41.4 Å². The summed E-state index contributed by atoms with van der Waals surface area (Å²) < 4.78 is 0. The second-order valence-electron chi connectivity index (χ2n) is 5.13. The molecule has 0 radical (unpaired) electrons. The van der Waals surface area contributed by atoms with E-state index in [-0.39, 0.29) is 0 Å². The average molecular weight is 216 g/mol. The molecule has 0 bridgehead atoms. The number of aryl methyl sites for hydroxylation is 1. The lowest BCUT2D eigenvalue weighted by molar-refractivity contribution is 0.373. The van der Waals surface area contributed by atoms with Crippen LogP contribution in [-0.4, -0.2) is 25.7 Å². The maximum absolute atomic E-state index is 3.64. The smallest absolute Gasteiger partial charge is 0.0396 e. The summed E-state index contributed by atoms with van der Waals surface area (Å²) in [5.74, 6) is 0.931. The molecule has 2 atom stereocenters. The molecule has 2 saturated heterocycles. The molecule has 2 heteroatoms. The molecule has 1 aromatic rings. The highest BCUT2D eigenvalue weighted by Crippen LogP contribution is 2.29. The number of nitrogens with zero attached hydrogens (tertiary/aromatic N) is 1. The second kappa shape index (κ2) is 4.10. The van der Waals surface area contributed by atoms with Gasteiger partial charge in [-0.1, -0.05) is 18.2 Å². The van der Waals surface area contributed by atoms with E-state index in [1.807, 2.05) is 0 Å². The van der Waals surface area contributed by atoms with Gasteiger partial charge >= 0.3 is 0 Å². The van der Waals surface area contributed by atoms with Crippen molar-refractivity contribution in [1.82, 2.24) is 5.32 Å². The van der Waals surface area contributed by atoms with Gasteiger partial charge in [0, 0.05) is 24.8 Å². The quantitative estimate of drug-likeness (QED) is 0.774. The maximum Gasteiger partial charge on any atom is 0.0396 e. The fourth-order valence-corrected chi connectivity index (χ4v) is 3.17. The Morgan fingerprint density at radius 2 is 2.12 bits per heavy atom. The molecule has 0 spiro atoms. The Morgan fingerprint density at radius 1 is 1.25 bits per heavy atom. The summed E-state index contributed by atoms with van der Waals surface area (Å²) in [6.07, 6.45) is 2.73. The van der Waals surface area contributed by atoms with Gasteiger partial charge in [0.1, 0.15) is 0 Å². The van der Waals surface area contributed by atoms with Gasteiger partial charge in [0.15, 0.2) is 0 Å². The molecule has 2 aliphatic heterocycles. The SMILES string of the molecule is Cc1ccccc1N1CCC2CCNC2C1. The molecule has 0 aliphatic carbocycles. The normalized spacial score (nSPS) is 29.2. The van der Waals surface area contributed by atoms with Crippen molar-refractivity contribution in [3.8, 4) is 0 Å². The average Bonchev–Trinajstić information content (AvgIpc) is 2.76. The maximum atomic E-state index is 3.64. The van der Waals surface area contributed by atoms with Crippen LogP contribution in [0.2, 0.25) is 0 Å². The lowest BCUT2D eigenvalue weighted by Gasteiger charge is -2.37. The highest BCUT2D eigenvalue weighted by Gasteiger charge is 2.32. The van der Waals surface area contributed by atoms with E-state index >= 15 is 0 Å². The Kier molecular flexibility index (Phi) is 2.60. The molecule has 2 nitrogen and oxygen atoms in total. The summed E-state index contributed by atoms with van der Waals surface area (Å²) in [6, 6.07) is 9.47.